The van der Waals surface area contributed by atoms with Crippen LogP contribution in [0.4, 0.5) is 0 Å². The Bertz CT molecular complexity index is 3330. The molecular formula is C55H40N4O. The number of para-hydroxylation sites is 1. The Hall–Kier alpha value is -7.50. The number of benzene rings is 7. The van der Waals surface area contributed by atoms with Gasteiger partial charge in [0.15, 0.2) is 0 Å². The number of hydrogen-bond donors (Lipinski definition) is 0. The number of aromatic nitrogens is 4. The summed E-state index contributed by atoms with van der Waals surface area (Å²) < 4.78 is 6.56. The van der Waals surface area contributed by atoms with E-state index in [-0.39, 0.29) is 0 Å². The van der Waals surface area contributed by atoms with Crippen LogP contribution < -0.4 is 0 Å². The van der Waals surface area contributed by atoms with Crippen LogP contribution in [0, 0.1) is 27.7 Å². The molecule has 0 bridgehead atoms. The van der Waals surface area contributed by atoms with Crippen LogP contribution in [0.15, 0.2) is 162 Å². The van der Waals surface area contributed by atoms with Gasteiger partial charge in [-0.15, -0.1) is 10.2 Å². The first-order valence-electron chi connectivity index (χ1n) is 20.5. The van der Waals surface area contributed by atoms with Gasteiger partial charge in [-0.25, -0.2) is 0 Å². The number of hydrogen-bond acceptors (Lipinski definition) is 5. The van der Waals surface area contributed by atoms with E-state index in [1.165, 1.54) is 50.1 Å². The highest BCUT2D eigenvalue weighted by atomic mass is 16.3. The Kier molecular flexibility index (Phi) is 8.38. The number of pyridine rings is 1. The fourth-order valence-corrected chi connectivity index (χ4v) is 9.47. The highest BCUT2D eigenvalue weighted by Crippen LogP contribution is 2.50. The Morgan fingerprint density at radius 2 is 1.00 bits per heavy atom. The zero-order chi connectivity index (χ0) is 40.5. The van der Waals surface area contributed by atoms with E-state index in [1.54, 1.807) is 0 Å². The summed E-state index contributed by atoms with van der Waals surface area (Å²) in [5.74, 6) is 0. The van der Waals surface area contributed by atoms with Crippen LogP contribution >= 0.6 is 0 Å². The molecule has 0 saturated carbocycles. The van der Waals surface area contributed by atoms with E-state index in [2.05, 4.69) is 179 Å². The summed E-state index contributed by atoms with van der Waals surface area (Å²) in [7, 11) is 0. The molecule has 1 aliphatic rings. The van der Waals surface area contributed by atoms with Crippen molar-refractivity contribution in [1.29, 1.82) is 0 Å². The molecule has 3 heterocycles. The van der Waals surface area contributed by atoms with Gasteiger partial charge >= 0.3 is 0 Å². The fraction of sp³-hybridized carbons (Fsp3) is 0.0909. The molecular weight excluding hydrogens is 733 g/mol. The predicted molar refractivity (Wildman–Crippen MR) is 245 cm³/mol. The largest absolute Gasteiger partial charge is 0.456 e. The smallest absolute Gasteiger partial charge is 0.136 e. The van der Waals surface area contributed by atoms with Crippen LogP contribution in [0.5, 0.6) is 0 Å². The van der Waals surface area contributed by atoms with Crippen molar-refractivity contribution in [2.45, 2.75) is 34.1 Å². The molecule has 11 rings (SSSR count). The lowest BCUT2D eigenvalue weighted by molar-refractivity contribution is 0.669. The quantitative estimate of drug-likeness (QED) is 0.168. The normalized spacial score (nSPS) is 11.9. The number of furan rings is 1. The van der Waals surface area contributed by atoms with Gasteiger partial charge in [0.2, 0.25) is 0 Å². The molecule has 0 spiro atoms. The second-order valence-corrected chi connectivity index (χ2v) is 15.9. The topological polar surface area (TPSA) is 64.7 Å². The molecule has 0 fully saturated rings. The summed E-state index contributed by atoms with van der Waals surface area (Å²) in [5.41, 5.74) is 23.1. The van der Waals surface area contributed by atoms with Crippen LogP contribution in [0.2, 0.25) is 0 Å². The highest BCUT2D eigenvalue weighted by molar-refractivity contribution is 6.17. The van der Waals surface area contributed by atoms with Crippen molar-refractivity contribution in [2.24, 2.45) is 0 Å². The highest BCUT2D eigenvalue weighted by Gasteiger charge is 2.31. The van der Waals surface area contributed by atoms with E-state index in [0.717, 1.165) is 90.1 Å². The molecule has 0 radical (unpaired) electrons. The first-order chi connectivity index (χ1) is 29.5. The average Bonchev–Trinajstić information content (AvgIpc) is 3.87. The molecule has 0 saturated heterocycles. The Labute approximate surface area is 349 Å². The van der Waals surface area contributed by atoms with Crippen LogP contribution in [-0.4, -0.2) is 20.4 Å². The molecule has 7 aromatic carbocycles. The maximum Gasteiger partial charge on any atom is 0.136 e. The lowest BCUT2D eigenvalue weighted by atomic mass is 9.85. The van der Waals surface area contributed by atoms with E-state index in [1.807, 2.05) is 12.1 Å². The molecule has 0 amide bonds. The van der Waals surface area contributed by atoms with E-state index < -0.39 is 0 Å². The SMILES string of the molecule is Cc1c(-c2ccccc2-c2ccccc2)ccc(-c2nnnc(-c3c(-c4ccccc4)ccc4oc5ccccc5c34)c2-c2nc3c(c(C)c2C)-c2ccccc2C3)c1C. The first kappa shape index (κ1) is 35.6. The molecule has 286 valence electrons. The van der Waals surface area contributed by atoms with Crippen molar-refractivity contribution >= 4 is 21.9 Å². The molecule has 0 N–H and O–H groups in total. The van der Waals surface area contributed by atoms with Gasteiger partial charge in [0.05, 0.1) is 17.0 Å². The lowest BCUT2D eigenvalue weighted by Crippen LogP contribution is -2.07. The number of nitrogens with zero attached hydrogens (tertiary/aromatic N) is 4. The van der Waals surface area contributed by atoms with Gasteiger partial charge < -0.3 is 4.42 Å². The van der Waals surface area contributed by atoms with Crippen molar-refractivity contribution in [3.8, 4) is 78.3 Å². The zero-order valence-corrected chi connectivity index (χ0v) is 33.9. The van der Waals surface area contributed by atoms with Crippen molar-refractivity contribution in [2.75, 3.05) is 0 Å². The third-order valence-corrected chi connectivity index (χ3v) is 12.7. The third-order valence-electron chi connectivity index (χ3n) is 12.7. The molecule has 5 nitrogen and oxygen atoms in total. The lowest BCUT2D eigenvalue weighted by Gasteiger charge is -2.21. The van der Waals surface area contributed by atoms with Crippen LogP contribution in [0.3, 0.4) is 0 Å². The summed E-state index contributed by atoms with van der Waals surface area (Å²) in [4.78, 5) is 5.63. The zero-order valence-electron chi connectivity index (χ0n) is 33.9. The molecule has 1 aliphatic carbocycles. The summed E-state index contributed by atoms with van der Waals surface area (Å²) >= 11 is 0. The summed E-state index contributed by atoms with van der Waals surface area (Å²) in [5, 5.41) is 16.7. The van der Waals surface area contributed by atoms with Gasteiger partial charge in [0.25, 0.3) is 0 Å². The Balaban J connectivity index is 1.22. The molecule has 0 aliphatic heterocycles. The summed E-state index contributed by atoms with van der Waals surface area (Å²) in [6, 6.07) is 55.4. The van der Waals surface area contributed by atoms with Crippen molar-refractivity contribution < 1.29 is 4.42 Å². The molecule has 5 heteroatoms. The Morgan fingerprint density at radius 3 is 1.78 bits per heavy atom. The van der Waals surface area contributed by atoms with Crippen LogP contribution in [0.25, 0.3) is 100 Å². The van der Waals surface area contributed by atoms with E-state index in [9.17, 15) is 0 Å². The molecule has 0 unspecified atom stereocenters. The van der Waals surface area contributed by atoms with E-state index in [4.69, 9.17) is 19.6 Å². The standard InChI is InChI=1S/C55H40N4O/c1-32-33(2)40(28-27-39(32)44-24-14-13-22-41(44)36-17-7-5-8-18-36)54-52(53-35(4)34(3)49-42-23-12-11-21-38(42)31-46(49)56-53)55(58-59-57-54)51-43(37-19-9-6-10-20-37)29-30-48-50(51)45-25-15-16-26-47(45)60-48/h5-30H,31H2,1-4H3. The molecule has 60 heavy (non-hydrogen) atoms. The summed E-state index contributed by atoms with van der Waals surface area (Å²) in [6.45, 7) is 8.85. The van der Waals surface area contributed by atoms with E-state index in [0.29, 0.717) is 0 Å². The average molecular weight is 773 g/mol. The maximum atomic E-state index is 6.56. The van der Waals surface area contributed by atoms with Crippen molar-refractivity contribution in [1.82, 2.24) is 20.4 Å². The number of fused-ring (bicyclic) bond motifs is 6. The second-order valence-electron chi connectivity index (χ2n) is 15.9. The van der Waals surface area contributed by atoms with Crippen molar-refractivity contribution in [3.63, 3.8) is 0 Å². The van der Waals surface area contributed by atoms with E-state index >= 15 is 0 Å². The van der Waals surface area contributed by atoms with Gasteiger partial charge in [-0.2, -0.15) is 0 Å². The minimum atomic E-state index is 0.719. The maximum absolute atomic E-state index is 6.56. The Morgan fingerprint density at radius 1 is 0.400 bits per heavy atom. The second kappa shape index (κ2) is 14.1. The minimum Gasteiger partial charge on any atom is -0.456 e. The summed E-state index contributed by atoms with van der Waals surface area (Å²) in [6.07, 6.45) is 0.765. The monoisotopic (exact) mass is 772 g/mol. The van der Waals surface area contributed by atoms with Crippen LogP contribution in [-0.2, 0) is 6.42 Å². The first-order valence-corrected chi connectivity index (χ1v) is 20.5. The third kappa shape index (κ3) is 5.54. The number of rotatable bonds is 6. The van der Waals surface area contributed by atoms with Gasteiger partial charge in [-0.1, -0.05) is 140 Å². The fourth-order valence-electron chi connectivity index (χ4n) is 9.47. The molecule has 10 aromatic rings. The minimum absolute atomic E-state index is 0.719. The molecule has 3 aromatic heterocycles. The van der Waals surface area contributed by atoms with Crippen LogP contribution in [0.1, 0.15) is 33.5 Å². The molecule has 0 atom stereocenters. The van der Waals surface area contributed by atoms with Gasteiger partial charge in [0, 0.05) is 33.9 Å². The van der Waals surface area contributed by atoms with Gasteiger partial charge in [0.1, 0.15) is 22.6 Å². The van der Waals surface area contributed by atoms with Gasteiger partial charge in [-0.05, 0) is 118 Å². The van der Waals surface area contributed by atoms with Crippen molar-refractivity contribution in [3.05, 3.63) is 191 Å². The predicted octanol–water partition coefficient (Wildman–Crippen LogP) is 14.0. The van der Waals surface area contributed by atoms with Gasteiger partial charge in [-0.3, -0.25) is 4.98 Å².